The van der Waals surface area contributed by atoms with E-state index in [0.29, 0.717) is 14.0 Å². The first-order valence-corrected chi connectivity index (χ1v) is 7.56. The third kappa shape index (κ3) is 3.90. The first kappa shape index (κ1) is 25.8. The van der Waals surface area contributed by atoms with E-state index in [4.69, 9.17) is 0 Å². The Hall–Kier alpha value is -2.19. The number of hydrogen-bond donors (Lipinski definition) is 0. The molecular formula is C15H12F11NO3. The number of ether oxygens (including phenoxy) is 1. The van der Waals surface area contributed by atoms with E-state index in [1.165, 1.54) is 0 Å². The van der Waals surface area contributed by atoms with Gasteiger partial charge in [0, 0.05) is 13.2 Å². The van der Waals surface area contributed by atoms with Crippen molar-refractivity contribution >= 4 is 5.69 Å². The summed E-state index contributed by atoms with van der Waals surface area (Å²) in [5.41, 5.74) is -4.67. The van der Waals surface area contributed by atoms with Crippen LogP contribution in [0.1, 0.15) is 18.9 Å². The largest absolute Gasteiger partial charge is 0.460 e. The van der Waals surface area contributed by atoms with Gasteiger partial charge in [-0.05, 0) is 13.0 Å². The predicted octanol–water partition coefficient (Wildman–Crippen LogP) is 5.95. The summed E-state index contributed by atoms with van der Waals surface area (Å²) in [5.74, 6) is -28.6. The quantitative estimate of drug-likeness (QED) is 0.272. The fourth-order valence-corrected chi connectivity index (χ4v) is 2.50. The van der Waals surface area contributed by atoms with Crippen LogP contribution in [-0.2, 0) is 10.3 Å². The zero-order valence-corrected chi connectivity index (χ0v) is 14.8. The average Bonchev–Trinajstić information content (AvgIpc) is 2.59. The minimum atomic E-state index is -7.57. The monoisotopic (exact) mass is 463 g/mol. The molecule has 4 nitrogen and oxygen atoms in total. The Morgan fingerprint density at radius 2 is 1.33 bits per heavy atom. The average molecular weight is 463 g/mol. The Morgan fingerprint density at radius 1 is 0.867 bits per heavy atom. The molecule has 0 spiro atoms. The molecule has 0 saturated carbocycles. The van der Waals surface area contributed by atoms with E-state index >= 15 is 0 Å². The topological polar surface area (TPSA) is 52.4 Å². The van der Waals surface area contributed by atoms with Gasteiger partial charge in [-0.25, -0.2) is 0 Å². The minimum Gasteiger partial charge on any atom is -0.373 e. The highest BCUT2D eigenvalue weighted by atomic mass is 19.4. The standard InChI is InChI=1S/C15H12F11NO3/c1-10(30-2,8-5-3-4-6-9(8)27(28)29)7-11(16,17)12(18,19)13(20,21)14(22,23)15(24,25)26/h3-6H,7H2,1-2H3. The second kappa shape index (κ2) is 7.50. The van der Waals surface area contributed by atoms with Gasteiger partial charge < -0.3 is 4.74 Å². The molecule has 0 N–H and O–H groups in total. The van der Waals surface area contributed by atoms with Crippen LogP contribution in [-0.4, -0.2) is 41.9 Å². The highest BCUT2D eigenvalue weighted by Crippen LogP contribution is 2.59. The van der Waals surface area contributed by atoms with Gasteiger partial charge in [-0.15, -0.1) is 0 Å². The molecule has 0 radical (unpaired) electrons. The van der Waals surface area contributed by atoms with Crippen LogP contribution < -0.4 is 0 Å². The summed E-state index contributed by atoms with van der Waals surface area (Å²) in [6.07, 6.45) is -9.88. The number of para-hydroxylation sites is 1. The lowest BCUT2D eigenvalue weighted by Gasteiger charge is -2.40. The highest BCUT2D eigenvalue weighted by Gasteiger charge is 2.87. The van der Waals surface area contributed by atoms with E-state index in [2.05, 4.69) is 4.74 Å². The van der Waals surface area contributed by atoms with Crippen LogP contribution in [0.2, 0.25) is 0 Å². The molecule has 0 fully saturated rings. The lowest BCUT2D eigenvalue weighted by Crippen LogP contribution is -2.67. The molecule has 0 heterocycles. The summed E-state index contributed by atoms with van der Waals surface area (Å²) in [6, 6.07) is 3.48. The summed E-state index contributed by atoms with van der Waals surface area (Å²) in [7, 11) is 0.563. The molecule has 0 aliphatic carbocycles. The molecule has 1 unspecified atom stereocenters. The fraction of sp³-hybridized carbons (Fsp3) is 0.600. The molecular weight excluding hydrogens is 451 g/mol. The Labute approximate surface area is 160 Å². The molecule has 0 bridgehead atoms. The van der Waals surface area contributed by atoms with E-state index in [-0.39, 0.29) is 0 Å². The number of nitrogens with zero attached hydrogens (tertiary/aromatic N) is 1. The summed E-state index contributed by atoms with van der Waals surface area (Å²) in [6.45, 7) is 0.513. The van der Waals surface area contributed by atoms with Crippen LogP contribution in [0.25, 0.3) is 0 Å². The molecule has 1 aromatic rings. The van der Waals surface area contributed by atoms with Crippen LogP contribution in [0, 0.1) is 10.1 Å². The number of hydrogen-bond acceptors (Lipinski definition) is 3. The van der Waals surface area contributed by atoms with Gasteiger partial charge in [0.2, 0.25) is 0 Å². The van der Waals surface area contributed by atoms with Gasteiger partial charge in [0.1, 0.15) is 5.60 Å². The van der Waals surface area contributed by atoms with Gasteiger partial charge in [-0.3, -0.25) is 10.1 Å². The lowest BCUT2D eigenvalue weighted by atomic mass is 9.84. The molecule has 0 saturated heterocycles. The number of methoxy groups -OCH3 is 1. The zero-order valence-electron chi connectivity index (χ0n) is 14.8. The van der Waals surface area contributed by atoms with Crippen LogP contribution in [0.4, 0.5) is 54.0 Å². The number of rotatable bonds is 8. The molecule has 0 aliphatic rings. The van der Waals surface area contributed by atoms with Crippen molar-refractivity contribution < 1.29 is 58.0 Å². The Kier molecular flexibility index (Phi) is 6.46. The first-order valence-electron chi connectivity index (χ1n) is 7.56. The smallest absolute Gasteiger partial charge is 0.373 e. The van der Waals surface area contributed by atoms with Crippen molar-refractivity contribution in [1.82, 2.24) is 0 Å². The van der Waals surface area contributed by atoms with Gasteiger partial charge in [0.25, 0.3) is 5.69 Å². The maximum absolute atomic E-state index is 14.1. The Balaban J connectivity index is 3.54. The van der Waals surface area contributed by atoms with Gasteiger partial charge in [0.15, 0.2) is 0 Å². The van der Waals surface area contributed by atoms with Gasteiger partial charge >= 0.3 is 29.9 Å². The molecule has 1 atom stereocenters. The first-order chi connectivity index (χ1) is 13.2. The second-order valence-electron chi connectivity index (χ2n) is 6.31. The molecule has 172 valence electrons. The van der Waals surface area contributed by atoms with Crippen molar-refractivity contribution in [3.63, 3.8) is 0 Å². The maximum Gasteiger partial charge on any atom is 0.460 e. The summed E-state index contributed by atoms with van der Waals surface area (Å²) in [5, 5.41) is 11.0. The molecule has 15 heteroatoms. The van der Waals surface area contributed by atoms with E-state index in [1.807, 2.05) is 0 Å². The number of halogens is 11. The van der Waals surface area contributed by atoms with Crippen molar-refractivity contribution in [1.29, 1.82) is 0 Å². The van der Waals surface area contributed by atoms with Gasteiger partial charge in [-0.1, -0.05) is 12.1 Å². The maximum atomic E-state index is 14.1. The van der Waals surface area contributed by atoms with Crippen molar-refractivity contribution in [2.75, 3.05) is 7.11 Å². The summed E-state index contributed by atoms with van der Waals surface area (Å²) in [4.78, 5) is 9.86. The Morgan fingerprint density at radius 3 is 1.73 bits per heavy atom. The number of benzene rings is 1. The van der Waals surface area contributed by atoms with Gasteiger partial charge in [0.05, 0.1) is 16.9 Å². The SMILES string of the molecule is COC(C)(CC(F)(F)C(F)(F)C(F)(F)C(F)(F)C(F)(F)F)c1ccccc1[N+](=O)[O-]. The number of alkyl halides is 11. The van der Waals surface area contributed by atoms with Crippen LogP contribution in [0.5, 0.6) is 0 Å². The third-order valence-electron chi connectivity index (χ3n) is 4.28. The molecule has 0 aliphatic heterocycles. The minimum absolute atomic E-state index is 0.513. The molecule has 1 aromatic carbocycles. The molecule has 30 heavy (non-hydrogen) atoms. The van der Waals surface area contributed by atoms with Crippen LogP contribution in [0.15, 0.2) is 24.3 Å². The molecule has 0 aromatic heterocycles. The summed E-state index contributed by atoms with van der Waals surface area (Å²) >= 11 is 0. The lowest BCUT2D eigenvalue weighted by molar-refractivity contribution is -0.425. The van der Waals surface area contributed by atoms with Crippen LogP contribution in [0.3, 0.4) is 0 Å². The molecule has 0 amide bonds. The van der Waals surface area contributed by atoms with E-state index in [9.17, 15) is 58.4 Å². The summed E-state index contributed by atoms with van der Waals surface area (Å²) < 4.78 is 150. The zero-order chi connectivity index (χ0) is 24.0. The third-order valence-corrected chi connectivity index (χ3v) is 4.28. The van der Waals surface area contributed by atoms with Crippen molar-refractivity contribution in [2.24, 2.45) is 0 Å². The normalized spacial score (nSPS) is 16.3. The van der Waals surface area contributed by atoms with Crippen LogP contribution >= 0.6 is 0 Å². The number of nitro benzene ring substituents is 1. The van der Waals surface area contributed by atoms with Crippen molar-refractivity contribution in [3.8, 4) is 0 Å². The van der Waals surface area contributed by atoms with E-state index < -0.39 is 58.1 Å². The van der Waals surface area contributed by atoms with E-state index in [1.54, 1.807) is 0 Å². The predicted molar refractivity (Wildman–Crippen MR) is 77.9 cm³/mol. The highest BCUT2D eigenvalue weighted by molar-refractivity contribution is 5.44. The molecule has 1 rings (SSSR count). The second-order valence-corrected chi connectivity index (χ2v) is 6.31. The van der Waals surface area contributed by atoms with E-state index in [0.717, 1.165) is 24.3 Å². The van der Waals surface area contributed by atoms with Crippen molar-refractivity contribution in [2.45, 2.75) is 48.8 Å². The Bertz CT molecular complexity index is 794. The number of nitro groups is 1. The fourth-order valence-electron chi connectivity index (χ4n) is 2.50. The van der Waals surface area contributed by atoms with Crippen molar-refractivity contribution in [3.05, 3.63) is 39.9 Å². The van der Waals surface area contributed by atoms with Gasteiger partial charge in [-0.2, -0.15) is 48.3 Å².